The predicted molar refractivity (Wildman–Crippen MR) is 112 cm³/mol. The molecule has 1 aliphatic rings. The second-order valence-corrected chi connectivity index (χ2v) is 7.57. The number of carbonyl (C=O) groups excluding carboxylic acids is 2. The standard InChI is InChI=1S/C23H20F3N3O4/c24-23(25,26)16-5-1-4-15(12-16)21(30)28-17-6-2-7-18(13-17)32-19-8-3-11-29(14-19)22(31)20-9-10-27-33-20/h1-2,4-7,9-10,12-13,19H,3,8,11,14H2,(H,28,30). The highest BCUT2D eigenvalue weighted by Crippen LogP contribution is 2.30. The van der Waals surface area contributed by atoms with Crippen LogP contribution >= 0.6 is 0 Å². The van der Waals surface area contributed by atoms with Crippen molar-refractivity contribution < 1.29 is 32.0 Å². The van der Waals surface area contributed by atoms with Gasteiger partial charge in [-0.1, -0.05) is 17.3 Å². The largest absolute Gasteiger partial charge is 0.489 e. The number of hydrogen-bond donors (Lipinski definition) is 1. The first-order valence-electron chi connectivity index (χ1n) is 10.2. The van der Waals surface area contributed by atoms with Crippen molar-refractivity contribution in [3.63, 3.8) is 0 Å². The van der Waals surface area contributed by atoms with Gasteiger partial charge in [0.25, 0.3) is 11.8 Å². The maximum Gasteiger partial charge on any atom is 0.416 e. The van der Waals surface area contributed by atoms with Gasteiger partial charge >= 0.3 is 6.18 Å². The Bertz CT molecular complexity index is 1130. The number of nitrogens with one attached hydrogen (secondary N) is 1. The molecule has 2 heterocycles. The normalized spacial score (nSPS) is 16.3. The highest BCUT2D eigenvalue weighted by atomic mass is 19.4. The van der Waals surface area contributed by atoms with E-state index in [1.54, 1.807) is 29.2 Å². The highest BCUT2D eigenvalue weighted by molar-refractivity contribution is 6.04. The second kappa shape index (κ2) is 9.35. The van der Waals surface area contributed by atoms with E-state index in [0.717, 1.165) is 25.0 Å². The van der Waals surface area contributed by atoms with Crippen molar-refractivity contribution in [3.05, 3.63) is 77.7 Å². The number of ether oxygens (including phenoxy) is 1. The van der Waals surface area contributed by atoms with Gasteiger partial charge in [-0.3, -0.25) is 9.59 Å². The highest BCUT2D eigenvalue weighted by Gasteiger charge is 2.31. The number of hydrogen-bond acceptors (Lipinski definition) is 5. The molecule has 1 fully saturated rings. The van der Waals surface area contributed by atoms with Gasteiger partial charge < -0.3 is 19.5 Å². The second-order valence-electron chi connectivity index (χ2n) is 7.57. The molecule has 1 atom stereocenters. The Kier molecular flexibility index (Phi) is 6.34. The summed E-state index contributed by atoms with van der Waals surface area (Å²) in [5.41, 5.74) is -0.626. The fourth-order valence-electron chi connectivity index (χ4n) is 3.58. The zero-order valence-electron chi connectivity index (χ0n) is 17.3. The minimum absolute atomic E-state index is 0.106. The van der Waals surface area contributed by atoms with Gasteiger partial charge in [-0.05, 0) is 43.2 Å². The minimum Gasteiger partial charge on any atom is -0.489 e. The molecule has 1 saturated heterocycles. The topological polar surface area (TPSA) is 84.7 Å². The summed E-state index contributed by atoms with van der Waals surface area (Å²) < 4.78 is 49.7. The Hall–Kier alpha value is -3.82. The Morgan fingerprint density at radius 1 is 1.12 bits per heavy atom. The van der Waals surface area contributed by atoms with E-state index in [4.69, 9.17) is 9.26 Å². The van der Waals surface area contributed by atoms with Crippen LogP contribution in [0.4, 0.5) is 18.9 Å². The number of amides is 2. The number of carbonyl (C=O) groups is 2. The Morgan fingerprint density at radius 3 is 2.70 bits per heavy atom. The van der Waals surface area contributed by atoms with Crippen LogP contribution in [-0.2, 0) is 6.18 Å². The van der Waals surface area contributed by atoms with Gasteiger partial charge in [-0.25, -0.2) is 0 Å². The predicted octanol–water partition coefficient (Wildman–Crippen LogP) is 4.63. The van der Waals surface area contributed by atoms with Crippen molar-refractivity contribution in [1.29, 1.82) is 0 Å². The molecule has 7 nitrogen and oxygen atoms in total. The Morgan fingerprint density at radius 2 is 1.94 bits per heavy atom. The summed E-state index contributed by atoms with van der Waals surface area (Å²) >= 11 is 0. The molecule has 33 heavy (non-hydrogen) atoms. The van der Waals surface area contributed by atoms with Crippen molar-refractivity contribution in [1.82, 2.24) is 10.1 Å². The molecule has 0 saturated carbocycles. The van der Waals surface area contributed by atoms with Gasteiger partial charge in [-0.15, -0.1) is 0 Å². The lowest BCUT2D eigenvalue weighted by molar-refractivity contribution is -0.137. The molecule has 3 aromatic rings. The summed E-state index contributed by atoms with van der Waals surface area (Å²) in [5, 5.41) is 6.14. The summed E-state index contributed by atoms with van der Waals surface area (Å²) in [5.74, 6) is -0.298. The molecule has 10 heteroatoms. The number of piperidine rings is 1. The van der Waals surface area contributed by atoms with Crippen molar-refractivity contribution >= 4 is 17.5 Å². The molecular formula is C23H20F3N3O4. The van der Waals surface area contributed by atoms with E-state index < -0.39 is 17.6 Å². The SMILES string of the molecule is O=C(Nc1cccc(OC2CCCN(C(=O)c3ccno3)C2)c1)c1cccc(C(F)(F)F)c1. The maximum atomic E-state index is 12.9. The maximum absolute atomic E-state index is 12.9. The van der Waals surface area contributed by atoms with E-state index in [2.05, 4.69) is 10.5 Å². The summed E-state index contributed by atoms with van der Waals surface area (Å²) in [6.45, 7) is 0.937. The molecule has 2 amide bonds. The van der Waals surface area contributed by atoms with E-state index in [9.17, 15) is 22.8 Å². The summed E-state index contributed by atoms with van der Waals surface area (Å²) in [7, 11) is 0. The summed E-state index contributed by atoms with van der Waals surface area (Å²) in [6, 6.07) is 12.3. The third-order valence-electron chi connectivity index (χ3n) is 5.16. The van der Waals surface area contributed by atoms with Gasteiger partial charge in [-0.2, -0.15) is 13.2 Å². The van der Waals surface area contributed by atoms with E-state index in [1.165, 1.54) is 24.4 Å². The third-order valence-corrected chi connectivity index (χ3v) is 5.16. The molecule has 0 bridgehead atoms. The van der Waals surface area contributed by atoms with Crippen LogP contribution in [0, 0.1) is 0 Å². The fraction of sp³-hybridized carbons (Fsp3) is 0.261. The molecule has 1 unspecified atom stereocenters. The number of likely N-dealkylation sites (tertiary alicyclic amines) is 1. The number of anilines is 1. The quantitative estimate of drug-likeness (QED) is 0.602. The summed E-state index contributed by atoms with van der Waals surface area (Å²) in [6.07, 6.45) is -1.91. The molecule has 0 aliphatic carbocycles. The lowest BCUT2D eigenvalue weighted by Crippen LogP contribution is -2.44. The minimum atomic E-state index is -4.53. The molecule has 0 spiro atoms. The smallest absolute Gasteiger partial charge is 0.416 e. The van der Waals surface area contributed by atoms with E-state index in [-0.39, 0.29) is 23.3 Å². The molecule has 172 valence electrons. The number of halogens is 3. The van der Waals surface area contributed by atoms with Gasteiger partial charge in [0.15, 0.2) is 0 Å². The number of aromatic nitrogens is 1. The van der Waals surface area contributed by atoms with E-state index >= 15 is 0 Å². The average molecular weight is 459 g/mol. The first-order chi connectivity index (χ1) is 15.8. The van der Waals surface area contributed by atoms with Crippen LogP contribution in [0.5, 0.6) is 5.75 Å². The zero-order valence-corrected chi connectivity index (χ0v) is 17.3. The fourth-order valence-corrected chi connectivity index (χ4v) is 3.58. The van der Waals surface area contributed by atoms with Crippen LogP contribution in [-0.4, -0.2) is 41.1 Å². The van der Waals surface area contributed by atoms with Crippen LogP contribution in [0.15, 0.2) is 65.3 Å². The van der Waals surface area contributed by atoms with Crippen LogP contribution in [0.3, 0.4) is 0 Å². The molecule has 0 radical (unpaired) electrons. The number of alkyl halides is 3. The average Bonchev–Trinajstić information content (AvgIpc) is 3.33. The molecular weight excluding hydrogens is 439 g/mol. The first kappa shape index (κ1) is 22.4. The molecule has 1 N–H and O–H groups in total. The van der Waals surface area contributed by atoms with E-state index in [0.29, 0.717) is 24.5 Å². The molecule has 4 rings (SSSR count). The lowest BCUT2D eigenvalue weighted by atomic mass is 10.1. The number of benzene rings is 2. The van der Waals surface area contributed by atoms with Crippen molar-refractivity contribution in [2.45, 2.75) is 25.1 Å². The molecule has 1 aliphatic heterocycles. The van der Waals surface area contributed by atoms with Crippen LogP contribution in [0.2, 0.25) is 0 Å². The monoisotopic (exact) mass is 459 g/mol. The molecule has 2 aromatic carbocycles. The number of nitrogens with zero attached hydrogens (tertiary/aromatic N) is 2. The van der Waals surface area contributed by atoms with Crippen molar-refractivity contribution in [2.24, 2.45) is 0 Å². The Labute approximate surface area is 187 Å². The number of rotatable bonds is 5. The van der Waals surface area contributed by atoms with Gasteiger partial charge in [0.05, 0.1) is 18.3 Å². The third kappa shape index (κ3) is 5.51. The summed E-state index contributed by atoms with van der Waals surface area (Å²) in [4.78, 5) is 26.6. The van der Waals surface area contributed by atoms with Crippen molar-refractivity contribution in [2.75, 3.05) is 18.4 Å². The van der Waals surface area contributed by atoms with Gasteiger partial charge in [0.2, 0.25) is 5.76 Å². The van der Waals surface area contributed by atoms with Crippen molar-refractivity contribution in [3.8, 4) is 5.75 Å². The van der Waals surface area contributed by atoms with Gasteiger partial charge in [0.1, 0.15) is 11.9 Å². The van der Waals surface area contributed by atoms with Crippen LogP contribution < -0.4 is 10.1 Å². The first-order valence-corrected chi connectivity index (χ1v) is 10.2. The van der Waals surface area contributed by atoms with Crippen LogP contribution in [0.1, 0.15) is 39.3 Å². The molecule has 1 aromatic heterocycles. The van der Waals surface area contributed by atoms with E-state index in [1.807, 2.05) is 0 Å². The Balaban J connectivity index is 1.40. The zero-order chi connectivity index (χ0) is 23.4. The lowest BCUT2D eigenvalue weighted by Gasteiger charge is -2.32. The van der Waals surface area contributed by atoms with Gasteiger partial charge in [0, 0.05) is 29.9 Å². The van der Waals surface area contributed by atoms with Crippen LogP contribution in [0.25, 0.3) is 0 Å².